The molecule has 0 saturated heterocycles. The highest BCUT2D eigenvalue weighted by Gasteiger charge is 2.11. The second kappa shape index (κ2) is 8.02. The molecule has 2 N–H and O–H groups in total. The topological polar surface area (TPSA) is 58.6 Å². The van der Waals surface area contributed by atoms with Gasteiger partial charge in [-0.1, -0.05) is 24.9 Å². The fourth-order valence-electron chi connectivity index (χ4n) is 1.58. The Balaban J connectivity index is 2.55. The Kier molecular flexibility index (Phi) is 6.67. The van der Waals surface area contributed by atoms with Gasteiger partial charge in [-0.15, -0.1) is 0 Å². The summed E-state index contributed by atoms with van der Waals surface area (Å²) in [5.41, 5.74) is 0.578. The molecule has 0 spiro atoms. The van der Waals surface area contributed by atoms with Crippen LogP contribution in [0.3, 0.4) is 0 Å². The molecule has 0 aromatic heterocycles. The molecule has 0 unspecified atom stereocenters. The van der Waals surface area contributed by atoms with Crippen molar-refractivity contribution in [2.45, 2.75) is 32.8 Å². The Labute approximate surface area is 118 Å². The Bertz CT molecular complexity index is 421. The van der Waals surface area contributed by atoms with Crippen molar-refractivity contribution in [2.75, 3.05) is 13.2 Å². The van der Waals surface area contributed by atoms with E-state index in [1.807, 2.05) is 0 Å². The SMILES string of the molecule is CCCCNC(=O)COc1ccc(Cl)cc1[C@@H](C)O. The summed E-state index contributed by atoms with van der Waals surface area (Å²) in [5, 5.41) is 12.9. The molecule has 0 aliphatic heterocycles. The number of carbonyl (C=O) groups excluding carboxylic acids is 1. The third kappa shape index (κ3) is 5.49. The van der Waals surface area contributed by atoms with E-state index < -0.39 is 6.10 Å². The molecular formula is C14H20ClNO3. The number of halogens is 1. The molecule has 0 bridgehead atoms. The summed E-state index contributed by atoms with van der Waals surface area (Å²) in [5.74, 6) is 0.310. The summed E-state index contributed by atoms with van der Waals surface area (Å²) >= 11 is 5.86. The number of aliphatic hydroxyl groups excluding tert-OH is 1. The molecule has 0 aliphatic carbocycles. The fraction of sp³-hybridized carbons (Fsp3) is 0.500. The molecule has 0 fully saturated rings. The van der Waals surface area contributed by atoms with Crippen LogP contribution in [0.15, 0.2) is 18.2 Å². The van der Waals surface area contributed by atoms with Crippen LogP contribution >= 0.6 is 11.6 Å². The summed E-state index contributed by atoms with van der Waals surface area (Å²) in [6.07, 6.45) is 1.28. The number of unbranched alkanes of at least 4 members (excludes halogenated alkanes) is 1. The lowest BCUT2D eigenvalue weighted by Gasteiger charge is -2.13. The molecule has 1 atom stereocenters. The lowest BCUT2D eigenvalue weighted by Crippen LogP contribution is -2.29. The van der Waals surface area contributed by atoms with Crippen molar-refractivity contribution in [3.8, 4) is 5.75 Å². The highest BCUT2D eigenvalue weighted by Crippen LogP contribution is 2.28. The molecule has 0 radical (unpaired) electrons. The van der Waals surface area contributed by atoms with E-state index in [9.17, 15) is 9.90 Å². The Morgan fingerprint density at radius 1 is 1.53 bits per heavy atom. The number of benzene rings is 1. The van der Waals surface area contributed by atoms with Gasteiger partial charge in [0, 0.05) is 17.1 Å². The number of carbonyl (C=O) groups is 1. The van der Waals surface area contributed by atoms with Gasteiger partial charge in [0.2, 0.25) is 0 Å². The normalized spacial score (nSPS) is 12.0. The van der Waals surface area contributed by atoms with Crippen molar-refractivity contribution in [2.24, 2.45) is 0 Å². The van der Waals surface area contributed by atoms with E-state index in [4.69, 9.17) is 16.3 Å². The summed E-state index contributed by atoms with van der Waals surface area (Å²) in [6.45, 7) is 4.28. The van der Waals surface area contributed by atoms with Crippen molar-refractivity contribution >= 4 is 17.5 Å². The maximum absolute atomic E-state index is 11.5. The lowest BCUT2D eigenvalue weighted by atomic mass is 10.1. The van der Waals surface area contributed by atoms with Gasteiger partial charge in [0.05, 0.1) is 6.10 Å². The van der Waals surface area contributed by atoms with Crippen LogP contribution in [0.1, 0.15) is 38.4 Å². The Morgan fingerprint density at radius 2 is 2.26 bits per heavy atom. The van der Waals surface area contributed by atoms with Crippen LogP contribution in [0.5, 0.6) is 5.75 Å². The van der Waals surface area contributed by atoms with Gasteiger partial charge in [-0.2, -0.15) is 0 Å². The zero-order chi connectivity index (χ0) is 14.3. The van der Waals surface area contributed by atoms with E-state index in [2.05, 4.69) is 12.2 Å². The molecule has 1 aromatic carbocycles. The molecule has 0 aliphatic rings. The van der Waals surface area contributed by atoms with Gasteiger partial charge in [-0.25, -0.2) is 0 Å². The molecule has 1 rings (SSSR count). The third-order valence-corrected chi connectivity index (χ3v) is 2.87. The first-order valence-corrected chi connectivity index (χ1v) is 6.79. The maximum Gasteiger partial charge on any atom is 0.257 e. The van der Waals surface area contributed by atoms with E-state index in [0.717, 1.165) is 12.8 Å². The van der Waals surface area contributed by atoms with Crippen molar-refractivity contribution in [3.05, 3.63) is 28.8 Å². The Hall–Kier alpha value is -1.26. The largest absolute Gasteiger partial charge is 0.483 e. The highest BCUT2D eigenvalue weighted by molar-refractivity contribution is 6.30. The fourth-order valence-corrected chi connectivity index (χ4v) is 1.76. The minimum Gasteiger partial charge on any atom is -0.483 e. The Morgan fingerprint density at radius 3 is 2.89 bits per heavy atom. The first-order chi connectivity index (χ1) is 9.04. The van der Waals surface area contributed by atoms with Crippen LogP contribution in [0.25, 0.3) is 0 Å². The second-order valence-electron chi connectivity index (χ2n) is 4.35. The number of aliphatic hydroxyl groups is 1. The van der Waals surface area contributed by atoms with E-state index in [-0.39, 0.29) is 12.5 Å². The molecule has 1 amide bonds. The molecule has 1 aromatic rings. The molecular weight excluding hydrogens is 266 g/mol. The highest BCUT2D eigenvalue weighted by atomic mass is 35.5. The van der Waals surface area contributed by atoms with E-state index in [1.165, 1.54) is 0 Å². The van der Waals surface area contributed by atoms with Crippen molar-refractivity contribution < 1.29 is 14.6 Å². The number of amides is 1. The van der Waals surface area contributed by atoms with Crippen molar-refractivity contribution in [3.63, 3.8) is 0 Å². The van der Waals surface area contributed by atoms with E-state index >= 15 is 0 Å². The molecule has 19 heavy (non-hydrogen) atoms. The van der Waals surface area contributed by atoms with Crippen LogP contribution < -0.4 is 10.1 Å². The van der Waals surface area contributed by atoms with E-state index in [0.29, 0.717) is 22.9 Å². The second-order valence-corrected chi connectivity index (χ2v) is 4.79. The molecule has 5 heteroatoms. The minimum absolute atomic E-state index is 0.0644. The van der Waals surface area contributed by atoms with Gasteiger partial charge in [0.15, 0.2) is 6.61 Å². The molecule has 0 saturated carbocycles. The van der Waals surface area contributed by atoms with E-state index in [1.54, 1.807) is 25.1 Å². The molecule has 0 heterocycles. The molecule has 106 valence electrons. The van der Waals surface area contributed by atoms with Gasteiger partial charge in [0.1, 0.15) is 5.75 Å². The number of ether oxygens (including phenoxy) is 1. The summed E-state index contributed by atoms with van der Waals surface area (Å²) in [6, 6.07) is 4.96. The quantitative estimate of drug-likeness (QED) is 0.757. The predicted molar refractivity (Wildman–Crippen MR) is 75.5 cm³/mol. The van der Waals surface area contributed by atoms with Crippen LogP contribution in [0, 0.1) is 0 Å². The monoisotopic (exact) mass is 285 g/mol. The number of hydrogen-bond acceptors (Lipinski definition) is 3. The average Bonchev–Trinajstić information content (AvgIpc) is 2.37. The van der Waals surface area contributed by atoms with Crippen LogP contribution in [0.4, 0.5) is 0 Å². The van der Waals surface area contributed by atoms with Gasteiger partial charge in [0.25, 0.3) is 5.91 Å². The smallest absolute Gasteiger partial charge is 0.257 e. The van der Waals surface area contributed by atoms with Gasteiger partial charge in [-0.05, 0) is 31.5 Å². The number of nitrogens with one attached hydrogen (secondary N) is 1. The van der Waals surface area contributed by atoms with Gasteiger partial charge in [-0.3, -0.25) is 4.79 Å². The first kappa shape index (κ1) is 15.8. The van der Waals surface area contributed by atoms with Crippen molar-refractivity contribution in [1.82, 2.24) is 5.32 Å². The zero-order valence-electron chi connectivity index (χ0n) is 11.3. The van der Waals surface area contributed by atoms with Crippen LogP contribution in [-0.2, 0) is 4.79 Å². The summed E-state index contributed by atoms with van der Waals surface area (Å²) < 4.78 is 5.42. The zero-order valence-corrected chi connectivity index (χ0v) is 12.0. The number of rotatable bonds is 7. The lowest BCUT2D eigenvalue weighted by molar-refractivity contribution is -0.123. The van der Waals surface area contributed by atoms with Crippen molar-refractivity contribution in [1.29, 1.82) is 0 Å². The number of hydrogen-bond donors (Lipinski definition) is 2. The third-order valence-electron chi connectivity index (χ3n) is 2.63. The van der Waals surface area contributed by atoms with Crippen LogP contribution in [-0.4, -0.2) is 24.2 Å². The molecule has 4 nitrogen and oxygen atoms in total. The summed E-state index contributed by atoms with van der Waals surface area (Å²) in [7, 11) is 0. The maximum atomic E-state index is 11.5. The predicted octanol–water partition coefficient (Wildman–Crippen LogP) is 2.69. The van der Waals surface area contributed by atoms with Gasteiger partial charge >= 0.3 is 0 Å². The minimum atomic E-state index is -0.697. The van der Waals surface area contributed by atoms with Crippen LogP contribution in [0.2, 0.25) is 5.02 Å². The average molecular weight is 286 g/mol. The van der Waals surface area contributed by atoms with Gasteiger partial charge < -0.3 is 15.2 Å². The summed E-state index contributed by atoms with van der Waals surface area (Å²) in [4.78, 5) is 11.5. The first-order valence-electron chi connectivity index (χ1n) is 6.41. The standard InChI is InChI=1S/C14H20ClNO3/c1-3-4-7-16-14(18)9-19-13-6-5-11(15)8-12(13)10(2)17/h5-6,8,10,17H,3-4,7,9H2,1-2H3,(H,16,18)/t10-/m1/s1.